The summed E-state index contributed by atoms with van der Waals surface area (Å²) < 4.78 is 18.5. The van der Waals surface area contributed by atoms with Crippen molar-refractivity contribution >= 4 is 16.8 Å². The van der Waals surface area contributed by atoms with Gasteiger partial charge in [0.25, 0.3) is 0 Å². The molecule has 2 fully saturated rings. The highest BCUT2D eigenvalue weighted by Crippen LogP contribution is 2.42. The summed E-state index contributed by atoms with van der Waals surface area (Å²) >= 11 is 0. The summed E-state index contributed by atoms with van der Waals surface area (Å²) in [5.41, 5.74) is 0.0175. The summed E-state index contributed by atoms with van der Waals surface area (Å²) in [7, 11) is -1.35. The van der Waals surface area contributed by atoms with Gasteiger partial charge < -0.3 is 9.84 Å². The van der Waals surface area contributed by atoms with Gasteiger partial charge in [0.15, 0.2) is 0 Å². The van der Waals surface area contributed by atoms with Gasteiger partial charge in [0.1, 0.15) is 5.25 Å². The summed E-state index contributed by atoms with van der Waals surface area (Å²) in [6, 6.07) is 0. The normalized spacial score (nSPS) is 28.6. The molecule has 1 aliphatic heterocycles. The van der Waals surface area contributed by atoms with Gasteiger partial charge in [0, 0.05) is 10.8 Å². The summed E-state index contributed by atoms with van der Waals surface area (Å²) in [5, 5.41) is 8.42. The molecule has 0 aromatic carbocycles. The van der Waals surface area contributed by atoms with E-state index in [9.17, 15) is 14.1 Å². The second kappa shape index (κ2) is 6.56. The number of hydrogen-bond acceptors (Lipinski definition) is 3. The first-order valence-electron chi connectivity index (χ1n) is 7.71. The van der Waals surface area contributed by atoms with Crippen LogP contribution in [0.1, 0.15) is 58.8 Å². The second-order valence-electron chi connectivity index (χ2n) is 6.57. The molecule has 1 spiro atoms. The van der Waals surface area contributed by atoms with E-state index in [1.807, 2.05) is 13.8 Å². The first-order valence-corrected chi connectivity index (χ1v) is 9.09. The van der Waals surface area contributed by atoms with Crippen LogP contribution in [0, 0.1) is 5.92 Å². The van der Waals surface area contributed by atoms with E-state index >= 15 is 0 Å². The molecule has 20 heavy (non-hydrogen) atoms. The lowest BCUT2D eigenvalue weighted by molar-refractivity contribution is -0.137. The van der Waals surface area contributed by atoms with Crippen LogP contribution in [0.3, 0.4) is 0 Å². The smallest absolute Gasteiger partial charge is 0.319 e. The molecular weight excluding hydrogens is 276 g/mol. The number of ether oxygens (including phenoxy) is 1. The first kappa shape index (κ1) is 16.0. The van der Waals surface area contributed by atoms with Crippen LogP contribution in [-0.4, -0.2) is 38.0 Å². The standard InChI is InChI=1S/C15H26O4S/c1-11(2)13(14(16)17)20(18)10-12-6-9-15(19-12)7-4-3-5-8-15/h11-13H,3-10H2,1-2H3,(H,16,17). The predicted molar refractivity (Wildman–Crippen MR) is 79.2 cm³/mol. The van der Waals surface area contributed by atoms with Crippen LogP contribution in [0.2, 0.25) is 0 Å². The molecule has 1 heterocycles. The van der Waals surface area contributed by atoms with Gasteiger partial charge in [-0.3, -0.25) is 9.00 Å². The van der Waals surface area contributed by atoms with E-state index in [-0.39, 0.29) is 17.6 Å². The van der Waals surface area contributed by atoms with E-state index in [2.05, 4.69) is 0 Å². The molecule has 3 atom stereocenters. The van der Waals surface area contributed by atoms with Crippen molar-refractivity contribution in [2.45, 2.75) is 75.7 Å². The minimum Gasteiger partial charge on any atom is -0.480 e. The fraction of sp³-hybridized carbons (Fsp3) is 0.933. The second-order valence-corrected chi connectivity index (χ2v) is 8.18. The Bertz CT molecular complexity index is 374. The van der Waals surface area contributed by atoms with Gasteiger partial charge in [-0.25, -0.2) is 0 Å². The third-order valence-corrected chi connectivity index (χ3v) is 6.60. The Kier molecular flexibility index (Phi) is 5.24. The Morgan fingerprint density at radius 2 is 1.95 bits per heavy atom. The number of carboxylic acid groups (broad SMARTS) is 1. The van der Waals surface area contributed by atoms with Gasteiger partial charge in [0.2, 0.25) is 0 Å². The van der Waals surface area contributed by atoms with Gasteiger partial charge in [-0.15, -0.1) is 0 Å². The van der Waals surface area contributed by atoms with Crippen molar-refractivity contribution in [3.05, 3.63) is 0 Å². The fourth-order valence-electron chi connectivity index (χ4n) is 3.56. The molecule has 0 amide bonds. The summed E-state index contributed by atoms with van der Waals surface area (Å²) in [6.45, 7) is 3.63. The Morgan fingerprint density at radius 3 is 2.50 bits per heavy atom. The van der Waals surface area contributed by atoms with E-state index in [0.717, 1.165) is 25.7 Å². The summed E-state index contributed by atoms with van der Waals surface area (Å²) in [5.74, 6) is -0.696. The maximum Gasteiger partial charge on any atom is 0.319 e. The lowest BCUT2D eigenvalue weighted by Gasteiger charge is -2.33. The van der Waals surface area contributed by atoms with Gasteiger partial charge in [-0.1, -0.05) is 33.1 Å². The third-order valence-electron chi connectivity index (χ3n) is 4.59. The molecule has 2 rings (SSSR count). The third kappa shape index (κ3) is 3.61. The Morgan fingerprint density at radius 1 is 1.30 bits per heavy atom. The molecule has 2 aliphatic rings. The van der Waals surface area contributed by atoms with Crippen LogP contribution < -0.4 is 0 Å². The number of hydrogen-bond donors (Lipinski definition) is 1. The van der Waals surface area contributed by atoms with Crippen LogP contribution >= 0.6 is 0 Å². The minimum atomic E-state index is -1.35. The van der Waals surface area contributed by atoms with E-state index in [1.54, 1.807) is 0 Å². The largest absolute Gasteiger partial charge is 0.480 e. The molecule has 0 radical (unpaired) electrons. The SMILES string of the molecule is CC(C)C(C(=O)O)S(=O)CC1CCC2(CCCCC2)O1. The number of carbonyl (C=O) groups is 1. The van der Waals surface area contributed by atoms with Crippen LogP contribution in [0.25, 0.3) is 0 Å². The van der Waals surface area contributed by atoms with Crippen molar-refractivity contribution in [1.82, 2.24) is 0 Å². The van der Waals surface area contributed by atoms with Crippen molar-refractivity contribution in [3.8, 4) is 0 Å². The maximum absolute atomic E-state index is 12.3. The average Bonchev–Trinajstić information content (AvgIpc) is 2.71. The van der Waals surface area contributed by atoms with E-state index in [4.69, 9.17) is 4.74 Å². The number of carboxylic acids is 1. The van der Waals surface area contributed by atoms with Crippen LogP contribution in [0.5, 0.6) is 0 Å². The van der Waals surface area contributed by atoms with E-state index in [0.29, 0.717) is 5.75 Å². The zero-order valence-electron chi connectivity index (χ0n) is 12.5. The topological polar surface area (TPSA) is 63.6 Å². The van der Waals surface area contributed by atoms with Gasteiger partial charge >= 0.3 is 5.97 Å². The van der Waals surface area contributed by atoms with Crippen molar-refractivity contribution < 1.29 is 18.8 Å². The lowest BCUT2D eigenvalue weighted by Crippen LogP contribution is -2.37. The quantitative estimate of drug-likeness (QED) is 0.848. The summed E-state index contributed by atoms with van der Waals surface area (Å²) in [6.07, 6.45) is 7.92. The first-order chi connectivity index (χ1) is 9.43. The molecule has 0 bridgehead atoms. The molecule has 1 aliphatic carbocycles. The molecule has 1 N–H and O–H groups in total. The van der Waals surface area contributed by atoms with Crippen LogP contribution in [0.4, 0.5) is 0 Å². The average molecular weight is 302 g/mol. The summed E-state index contributed by atoms with van der Waals surface area (Å²) in [4.78, 5) is 11.2. The van der Waals surface area contributed by atoms with Crippen LogP contribution in [-0.2, 0) is 20.3 Å². The van der Waals surface area contributed by atoms with Crippen LogP contribution in [0.15, 0.2) is 0 Å². The van der Waals surface area contributed by atoms with Gasteiger partial charge in [0.05, 0.1) is 17.5 Å². The Hall–Kier alpha value is -0.420. The zero-order chi connectivity index (χ0) is 14.8. The van der Waals surface area contributed by atoms with E-state index in [1.165, 1.54) is 19.3 Å². The van der Waals surface area contributed by atoms with E-state index < -0.39 is 22.0 Å². The molecule has 3 unspecified atom stereocenters. The van der Waals surface area contributed by atoms with Gasteiger partial charge in [-0.05, 0) is 31.6 Å². The predicted octanol–water partition coefficient (Wildman–Crippen LogP) is 2.73. The molecule has 5 heteroatoms. The number of rotatable bonds is 5. The monoisotopic (exact) mass is 302 g/mol. The molecular formula is C15H26O4S. The van der Waals surface area contributed by atoms with Crippen molar-refractivity contribution in [2.24, 2.45) is 5.92 Å². The molecule has 1 saturated heterocycles. The van der Waals surface area contributed by atoms with Crippen molar-refractivity contribution in [2.75, 3.05) is 5.75 Å². The Labute approximate surface area is 123 Å². The molecule has 116 valence electrons. The minimum absolute atomic E-state index is 0.0175. The molecule has 0 aromatic rings. The van der Waals surface area contributed by atoms with Gasteiger partial charge in [-0.2, -0.15) is 0 Å². The lowest BCUT2D eigenvalue weighted by atomic mass is 9.83. The highest BCUT2D eigenvalue weighted by atomic mass is 32.2. The molecule has 0 aromatic heterocycles. The molecule has 4 nitrogen and oxygen atoms in total. The highest BCUT2D eigenvalue weighted by Gasteiger charge is 2.42. The highest BCUT2D eigenvalue weighted by molar-refractivity contribution is 7.86. The number of aliphatic carboxylic acids is 1. The van der Waals surface area contributed by atoms with Crippen molar-refractivity contribution in [1.29, 1.82) is 0 Å². The maximum atomic E-state index is 12.3. The van der Waals surface area contributed by atoms with Crippen molar-refractivity contribution in [3.63, 3.8) is 0 Å². The molecule has 1 saturated carbocycles. The fourth-order valence-corrected chi connectivity index (χ4v) is 5.21. The zero-order valence-corrected chi connectivity index (χ0v) is 13.3. The Balaban J connectivity index is 1.91.